The fourth-order valence-corrected chi connectivity index (χ4v) is 2.38. The van der Waals surface area contributed by atoms with E-state index in [9.17, 15) is 30.7 Å². The molecule has 0 bridgehead atoms. The lowest BCUT2D eigenvalue weighted by Gasteiger charge is -2.13. The number of aliphatic carboxylic acids is 1. The third-order valence-electron chi connectivity index (χ3n) is 3.54. The Kier molecular flexibility index (Phi) is 5.73. The summed E-state index contributed by atoms with van der Waals surface area (Å²) in [5.41, 5.74) is 0.425. The van der Waals surface area contributed by atoms with E-state index in [0.717, 1.165) is 23.4 Å². The van der Waals surface area contributed by atoms with Crippen LogP contribution >= 0.6 is 0 Å². The van der Waals surface area contributed by atoms with E-state index in [0.29, 0.717) is 13.1 Å². The van der Waals surface area contributed by atoms with Gasteiger partial charge in [0.2, 0.25) is 0 Å². The molecule has 0 saturated carbocycles. The lowest BCUT2D eigenvalue weighted by Crippen LogP contribution is -2.21. The fraction of sp³-hybridized carbons (Fsp3) is 0.250. The molecular formula is C16H11F7N2O2. The van der Waals surface area contributed by atoms with Crippen LogP contribution in [0.2, 0.25) is 0 Å². The van der Waals surface area contributed by atoms with Crippen LogP contribution in [0.5, 0.6) is 0 Å². The van der Waals surface area contributed by atoms with Gasteiger partial charge in [-0.2, -0.15) is 26.3 Å². The molecule has 27 heavy (non-hydrogen) atoms. The molecule has 3 rings (SSSR count). The number of carbonyl (C=O) groups is 1. The number of halogens is 7. The molecule has 4 nitrogen and oxygen atoms in total. The summed E-state index contributed by atoms with van der Waals surface area (Å²) in [5, 5.41) is 10.2. The number of aromatic nitrogens is 1. The third kappa shape index (κ3) is 4.94. The molecule has 0 fully saturated rings. The van der Waals surface area contributed by atoms with Crippen molar-refractivity contribution in [1.82, 2.24) is 10.3 Å². The summed E-state index contributed by atoms with van der Waals surface area (Å²) in [6.07, 6.45) is -8.94. The number of nitrogens with zero attached hydrogens (tertiary/aromatic N) is 1. The number of nitrogens with one attached hydrogen (secondary N) is 1. The minimum atomic E-state index is -5.08. The molecule has 146 valence electrons. The number of hydrogen-bond acceptors (Lipinski definition) is 3. The SMILES string of the molecule is Fc1ccnc(C(F)(F)F)c1-c1ccc2c(c1)CNC2.O=C(O)C(F)(F)F. The third-order valence-corrected chi connectivity index (χ3v) is 3.54. The first-order chi connectivity index (χ1) is 12.4. The Hall–Kier alpha value is -2.69. The molecule has 2 aromatic rings. The number of hydrogen-bond donors (Lipinski definition) is 2. The van der Waals surface area contributed by atoms with E-state index in [-0.39, 0.29) is 5.56 Å². The topological polar surface area (TPSA) is 62.2 Å². The molecule has 0 radical (unpaired) electrons. The predicted octanol–water partition coefficient (Wildman–Crippen LogP) is 4.14. The Bertz CT molecular complexity index is 848. The van der Waals surface area contributed by atoms with Crippen LogP contribution in [-0.4, -0.2) is 22.2 Å². The molecule has 0 spiro atoms. The Morgan fingerprint density at radius 2 is 1.63 bits per heavy atom. The number of benzene rings is 1. The lowest BCUT2D eigenvalue weighted by atomic mass is 9.98. The van der Waals surface area contributed by atoms with Gasteiger partial charge in [-0.05, 0) is 28.8 Å². The van der Waals surface area contributed by atoms with E-state index in [2.05, 4.69) is 10.3 Å². The predicted molar refractivity (Wildman–Crippen MR) is 78.9 cm³/mol. The van der Waals surface area contributed by atoms with Gasteiger partial charge in [0.1, 0.15) is 5.82 Å². The van der Waals surface area contributed by atoms with Crippen LogP contribution in [0.4, 0.5) is 30.7 Å². The van der Waals surface area contributed by atoms with Gasteiger partial charge in [-0.15, -0.1) is 0 Å². The summed E-state index contributed by atoms with van der Waals surface area (Å²) >= 11 is 0. The Morgan fingerprint density at radius 1 is 1.04 bits per heavy atom. The highest BCUT2D eigenvalue weighted by molar-refractivity contribution is 5.73. The van der Waals surface area contributed by atoms with E-state index in [1.807, 2.05) is 0 Å². The summed E-state index contributed by atoms with van der Waals surface area (Å²) in [5.74, 6) is -3.68. The van der Waals surface area contributed by atoms with Crippen LogP contribution in [0.1, 0.15) is 16.8 Å². The molecule has 0 atom stereocenters. The van der Waals surface area contributed by atoms with Gasteiger partial charge in [0.25, 0.3) is 0 Å². The maximum absolute atomic E-state index is 13.9. The molecular weight excluding hydrogens is 385 g/mol. The van der Waals surface area contributed by atoms with Crippen LogP contribution in [-0.2, 0) is 24.1 Å². The summed E-state index contributed by atoms with van der Waals surface area (Å²) in [6.45, 7) is 1.25. The van der Waals surface area contributed by atoms with Crippen molar-refractivity contribution in [3.63, 3.8) is 0 Å². The average molecular weight is 396 g/mol. The molecule has 2 heterocycles. The van der Waals surface area contributed by atoms with E-state index >= 15 is 0 Å². The molecule has 0 aliphatic carbocycles. The molecule has 1 aromatic heterocycles. The first-order valence-electron chi connectivity index (χ1n) is 7.26. The lowest BCUT2D eigenvalue weighted by molar-refractivity contribution is -0.192. The van der Waals surface area contributed by atoms with Gasteiger partial charge >= 0.3 is 18.3 Å². The summed E-state index contributed by atoms with van der Waals surface area (Å²) in [7, 11) is 0. The zero-order chi connectivity index (χ0) is 20.4. The van der Waals surface area contributed by atoms with Crippen LogP contribution < -0.4 is 5.32 Å². The first kappa shape index (κ1) is 20.6. The maximum Gasteiger partial charge on any atom is 0.490 e. The molecule has 0 saturated heterocycles. The van der Waals surface area contributed by atoms with Crippen molar-refractivity contribution in [2.24, 2.45) is 0 Å². The molecule has 0 unspecified atom stereocenters. The normalized spacial score (nSPS) is 13.6. The fourth-order valence-electron chi connectivity index (χ4n) is 2.38. The van der Waals surface area contributed by atoms with Crippen molar-refractivity contribution in [2.45, 2.75) is 25.4 Å². The Labute approximate surface area is 147 Å². The van der Waals surface area contributed by atoms with Crippen LogP contribution in [0.15, 0.2) is 30.5 Å². The van der Waals surface area contributed by atoms with E-state index in [1.54, 1.807) is 12.1 Å². The zero-order valence-corrected chi connectivity index (χ0v) is 13.2. The van der Waals surface area contributed by atoms with Gasteiger partial charge in [0.05, 0.1) is 0 Å². The second-order valence-electron chi connectivity index (χ2n) is 5.40. The van der Waals surface area contributed by atoms with Crippen LogP contribution in [0, 0.1) is 5.82 Å². The van der Waals surface area contributed by atoms with Crippen molar-refractivity contribution in [2.75, 3.05) is 0 Å². The van der Waals surface area contributed by atoms with Gasteiger partial charge in [-0.25, -0.2) is 9.18 Å². The zero-order valence-electron chi connectivity index (χ0n) is 13.2. The Morgan fingerprint density at radius 3 is 2.19 bits per heavy atom. The Balaban J connectivity index is 0.000000321. The second kappa shape index (κ2) is 7.51. The number of rotatable bonds is 1. The van der Waals surface area contributed by atoms with Crippen molar-refractivity contribution < 1.29 is 40.6 Å². The van der Waals surface area contributed by atoms with Gasteiger partial charge in [-0.1, -0.05) is 12.1 Å². The van der Waals surface area contributed by atoms with E-state index < -0.39 is 35.4 Å². The number of pyridine rings is 1. The van der Waals surface area contributed by atoms with Crippen molar-refractivity contribution in [3.05, 3.63) is 53.1 Å². The van der Waals surface area contributed by atoms with Crippen molar-refractivity contribution >= 4 is 5.97 Å². The minimum absolute atomic E-state index is 0.199. The summed E-state index contributed by atoms with van der Waals surface area (Å²) in [6, 6.07) is 5.75. The first-order valence-corrected chi connectivity index (χ1v) is 7.26. The van der Waals surface area contributed by atoms with E-state index in [4.69, 9.17) is 9.90 Å². The van der Waals surface area contributed by atoms with Crippen molar-refractivity contribution in [3.8, 4) is 11.1 Å². The second-order valence-corrected chi connectivity index (χ2v) is 5.40. The van der Waals surface area contributed by atoms with Crippen LogP contribution in [0.25, 0.3) is 11.1 Å². The highest BCUT2D eigenvalue weighted by Crippen LogP contribution is 2.37. The highest BCUT2D eigenvalue weighted by atomic mass is 19.4. The molecule has 1 aromatic carbocycles. The number of alkyl halides is 6. The summed E-state index contributed by atoms with van der Waals surface area (Å²) in [4.78, 5) is 12.2. The van der Waals surface area contributed by atoms with Crippen molar-refractivity contribution in [1.29, 1.82) is 0 Å². The minimum Gasteiger partial charge on any atom is -0.475 e. The highest BCUT2D eigenvalue weighted by Gasteiger charge is 2.38. The van der Waals surface area contributed by atoms with Crippen LogP contribution in [0.3, 0.4) is 0 Å². The molecule has 11 heteroatoms. The van der Waals surface area contributed by atoms with Gasteiger partial charge in [-0.3, -0.25) is 4.98 Å². The van der Waals surface area contributed by atoms with E-state index in [1.165, 1.54) is 6.07 Å². The van der Waals surface area contributed by atoms with Gasteiger partial charge in [0.15, 0.2) is 5.69 Å². The standard InChI is InChI=1S/C14H10F4N2.C2HF3O2/c15-11-3-4-20-13(14(16,17)18)12(11)8-1-2-9-6-19-7-10(9)5-8;3-2(4,5)1(6)7/h1-5,19H,6-7H2;(H,6,7). The number of carboxylic acid groups (broad SMARTS) is 1. The monoisotopic (exact) mass is 396 g/mol. The molecule has 2 N–H and O–H groups in total. The molecule has 1 aliphatic heterocycles. The average Bonchev–Trinajstić information content (AvgIpc) is 3.01. The molecule has 1 aliphatic rings. The largest absolute Gasteiger partial charge is 0.490 e. The maximum atomic E-state index is 13.9. The number of carboxylic acids is 1. The molecule has 0 amide bonds. The van der Waals surface area contributed by atoms with Gasteiger partial charge < -0.3 is 10.4 Å². The summed E-state index contributed by atoms with van der Waals surface area (Å²) < 4.78 is 84.4. The quantitative estimate of drug-likeness (QED) is 0.712. The number of fused-ring (bicyclic) bond motifs is 1. The van der Waals surface area contributed by atoms with Gasteiger partial charge in [0, 0.05) is 24.8 Å². The smallest absolute Gasteiger partial charge is 0.475 e.